The summed E-state index contributed by atoms with van der Waals surface area (Å²) < 4.78 is 5.95. The smallest absolute Gasteiger partial charge is 0.253 e. The molecular formula is C22H19ClN4O2. The zero-order valence-corrected chi connectivity index (χ0v) is 16.7. The Labute approximate surface area is 173 Å². The molecule has 4 rings (SSSR count). The maximum Gasteiger partial charge on any atom is 0.253 e. The van der Waals surface area contributed by atoms with Crippen molar-refractivity contribution in [2.75, 3.05) is 31.1 Å². The van der Waals surface area contributed by atoms with Crippen molar-refractivity contribution in [1.82, 2.24) is 9.88 Å². The Hall–Kier alpha value is -3.30. The predicted molar refractivity (Wildman–Crippen MR) is 111 cm³/mol. The summed E-state index contributed by atoms with van der Waals surface area (Å²) in [5.41, 5.74) is 2.81. The van der Waals surface area contributed by atoms with Crippen LogP contribution < -0.4 is 4.90 Å². The molecule has 7 heteroatoms. The van der Waals surface area contributed by atoms with Crippen molar-refractivity contribution >= 4 is 23.4 Å². The summed E-state index contributed by atoms with van der Waals surface area (Å²) in [5, 5.41) is 10.1. The first kappa shape index (κ1) is 19.0. The fourth-order valence-electron chi connectivity index (χ4n) is 3.39. The molecule has 0 bridgehead atoms. The number of aromatic nitrogens is 1. The number of piperazine rings is 1. The highest BCUT2D eigenvalue weighted by molar-refractivity contribution is 6.30. The number of aryl methyl sites for hydroxylation is 1. The second-order valence-electron chi connectivity index (χ2n) is 6.94. The summed E-state index contributed by atoms with van der Waals surface area (Å²) in [5.74, 6) is 0.863. The third kappa shape index (κ3) is 3.96. The molecule has 1 aromatic heterocycles. The van der Waals surface area contributed by atoms with Gasteiger partial charge in [-0.1, -0.05) is 29.3 Å². The molecule has 29 heavy (non-hydrogen) atoms. The number of hydrogen-bond acceptors (Lipinski definition) is 5. The van der Waals surface area contributed by atoms with Crippen LogP contribution in [-0.4, -0.2) is 42.0 Å². The normalized spacial score (nSPS) is 14.0. The summed E-state index contributed by atoms with van der Waals surface area (Å²) in [6.07, 6.45) is 0. The molecule has 0 atom stereocenters. The molecule has 1 aliphatic heterocycles. The number of nitrogens with zero attached hydrogens (tertiary/aromatic N) is 4. The van der Waals surface area contributed by atoms with Gasteiger partial charge in [-0.25, -0.2) is 0 Å². The summed E-state index contributed by atoms with van der Waals surface area (Å²) in [4.78, 5) is 20.8. The molecule has 0 saturated carbocycles. The van der Waals surface area contributed by atoms with Gasteiger partial charge in [0.1, 0.15) is 6.07 Å². The topological polar surface area (TPSA) is 73.4 Å². The lowest BCUT2D eigenvalue weighted by Crippen LogP contribution is -2.48. The molecule has 2 heterocycles. The van der Waals surface area contributed by atoms with E-state index in [-0.39, 0.29) is 11.6 Å². The quantitative estimate of drug-likeness (QED) is 0.653. The summed E-state index contributed by atoms with van der Waals surface area (Å²) in [6.45, 7) is 4.20. The zero-order chi connectivity index (χ0) is 20.4. The Morgan fingerprint density at radius 3 is 2.52 bits per heavy atom. The average Bonchev–Trinajstić information content (AvgIpc) is 3.18. The SMILES string of the molecule is Cc1cccc(-c2nc(C#N)c(N3CCN(C(=O)c4ccc(Cl)cc4)CC3)o2)c1. The van der Waals surface area contributed by atoms with Gasteiger partial charge in [-0.05, 0) is 43.3 Å². The van der Waals surface area contributed by atoms with Crippen LogP contribution in [0.1, 0.15) is 21.6 Å². The first-order chi connectivity index (χ1) is 14.0. The number of halogens is 1. The molecule has 1 amide bonds. The van der Waals surface area contributed by atoms with Crippen LogP contribution >= 0.6 is 11.6 Å². The number of anilines is 1. The lowest BCUT2D eigenvalue weighted by molar-refractivity contribution is 0.0745. The molecule has 146 valence electrons. The van der Waals surface area contributed by atoms with Gasteiger partial charge in [0.25, 0.3) is 5.91 Å². The molecule has 1 fully saturated rings. The van der Waals surface area contributed by atoms with E-state index in [0.717, 1.165) is 11.1 Å². The standard InChI is InChI=1S/C22H19ClN4O2/c1-15-3-2-4-17(13-15)20-25-19(14-24)22(29-20)27-11-9-26(10-12-27)21(28)16-5-7-18(23)8-6-16/h2-8,13H,9-12H2,1H3. The van der Waals surface area contributed by atoms with Gasteiger partial charge in [-0.3, -0.25) is 4.79 Å². The van der Waals surface area contributed by atoms with E-state index in [9.17, 15) is 10.1 Å². The van der Waals surface area contributed by atoms with Crippen molar-refractivity contribution in [3.05, 3.63) is 70.4 Å². The maximum absolute atomic E-state index is 12.7. The number of oxazole rings is 1. The Balaban J connectivity index is 1.49. The van der Waals surface area contributed by atoms with Crippen molar-refractivity contribution in [3.8, 4) is 17.5 Å². The van der Waals surface area contributed by atoms with Crippen LogP contribution in [0.4, 0.5) is 5.88 Å². The molecule has 6 nitrogen and oxygen atoms in total. The predicted octanol–water partition coefficient (Wildman–Crippen LogP) is 4.14. The Kier molecular flexibility index (Phi) is 5.24. The van der Waals surface area contributed by atoms with Crippen molar-refractivity contribution < 1.29 is 9.21 Å². The van der Waals surface area contributed by atoms with E-state index in [1.165, 1.54) is 0 Å². The highest BCUT2D eigenvalue weighted by Crippen LogP contribution is 2.29. The molecule has 3 aromatic rings. The fourth-order valence-corrected chi connectivity index (χ4v) is 3.51. The summed E-state index contributed by atoms with van der Waals surface area (Å²) in [7, 11) is 0. The van der Waals surface area contributed by atoms with Crippen LogP contribution in [0.25, 0.3) is 11.5 Å². The molecule has 0 aliphatic carbocycles. The fraction of sp³-hybridized carbons (Fsp3) is 0.227. The highest BCUT2D eigenvalue weighted by atomic mass is 35.5. The van der Waals surface area contributed by atoms with Crippen molar-refractivity contribution in [2.45, 2.75) is 6.92 Å². The summed E-state index contributed by atoms with van der Waals surface area (Å²) in [6, 6.07) is 16.8. The van der Waals surface area contributed by atoms with Gasteiger partial charge in [0.2, 0.25) is 17.5 Å². The van der Waals surface area contributed by atoms with Gasteiger partial charge in [-0.2, -0.15) is 10.2 Å². The zero-order valence-electron chi connectivity index (χ0n) is 15.9. The van der Waals surface area contributed by atoms with Gasteiger partial charge >= 0.3 is 0 Å². The van der Waals surface area contributed by atoms with Gasteiger partial charge in [0.15, 0.2) is 0 Å². The van der Waals surface area contributed by atoms with Crippen LogP contribution in [0.15, 0.2) is 52.9 Å². The van der Waals surface area contributed by atoms with Crippen molar-refractivity contribution in [3.63, 3.8) is 0 Å². The number of nitriles is 1. The number of rotatable bonds is 3. The number of hydrogen-bond donors (Lipinski definition) is 0. The van der Waals surface area contributed by atoms with Crippen LogP contribution in [0.5, 0.6) is 0 Å². The number of benzene rings is 2. The van der Waals surface area contributed by atoms with E-state index in [2.05, 4.69) is 11.1 Å². The highest BCUT2D eigenvalue weighted by Gasteiger charge is 2.27. The third-order valence-electron chi connectivity index (χ3n) is 4.93. The van der Waals surface area contributed by atoms with E-state index in [1.807, 2.05) is 36.1 Å². The molecule has 0 radical (unpaired) electrons. The Morgan fingerprint density at radius 1 is 1.14 bits per heavy atom. The average molecular weight is 407 g/mol. The van der Waals surface area contributed by atoms with Gasteiger partial charge in [0.05, 0.1) is 0 Å². The molecular weight excluding hydrogens is 388 g/mol. The van der Waals surface area contributed by atoms with Crippen LogP contribution in [0.3, 0.4) is 0 Å². The van der Waals surface area contributed by atoms with Crippen molar-refractivity contribution in [2.24, 2.45) is 0 Å². The first-order valence-electron chi connectivity index (χ1n) is 9.33. The number of amides is 1. The van der Waals surface area contributed by atoms with E-state index in [1.54, 1.807) is 29.2 Å². The van der Waals surface area contributed by atoms with E-state index >= 15 is 0 Å². The van der Waals surface area contributed by atoms with Gasteiger partial charge in [-0.15, -0.1) is 0 Å². The molecule has 1 aliphatic rings. The molecule has 1 saturated heterocycles. The maximum atomic E-state index is 12.7. The monoisotopic (exact) mass is 406 g/mol. The minimum Gasteiger partial charge on any atom is -0.419 e. The molecule has 0 unspecified atom stereocenters. The van der Waals surface area contributed by atoms with Gasteiger partial charge < -0.3 is 14.2 Å². The Morgan fingerprint density at radius 2 is 1.86 bits per heavy atom. The third-order valence-corrected chi connectivity index (χ3v) is 5.18. The van der Waals surface area contributed by atoms with Crippen LogP contribution in [-0.2, 0) is 0 Å². The number of carbonyl (C=O) groups is 1. The largest absolute Gasteiger partial charge is 0.419 e. The van der Waals surface area contributed by atoms with E-state index in [0.29, 0.717) is 48.5 Å². The van der Waals surface area contributed by atoms with Crippen molar-refractivity contribution in [1.29, 1.82) is 5.26 Å². The minimum absolute atomic E-state index is 0.0279. The Bertz CT molecular complexity index is 1080. The first-order valence-corrected chi connectivity index (χ1v) is 9.70. The molecule has 0 spiro atoms. The van der Waals surface area contributed by atoms with Crippen LogP contribution in [0, 0.1) is 18.3 Å². The molecule has 2 aromatic carbocycles. The van der Waals surface area contributed by atoms with Crippen LogP contribution in [0.2, 0.25) is 5.02 Å². The number of carbonyl (C=O) groups excluding carboxylic acids is 1. The lowest BCUT2D eigenvalue weighted by atomic mass is 10.1. The second-order valence-corrected chi connectivity index (χ2v) is 7.38. The molecule has 0 N–H and O–H groups in total. The lowest BCUT2D eigenvalue weighted by Gasteiger charge is -2.34. The second kappa shape index (κ2) is 7.98. The van der Waals surface area contributed by atoms with E-state index in [4.69, 9.17) is 16.0 Å². The van der Waals surface area contributed by atoms with Gasteiger partial charge in [0, 0.05) is 42.3 Å². The summed E-state index contributed by atoms with van der Waals surface area (Å²) >= 11 is 5.90. The van der Waals surface area contributed by atoms with E-state index < -0.39 is 0 Å². The minimum atomic E-state index is -0.0279.